The summed E-state index contributed by atoms with van der Waals surface area (Å²) in [6, 6.07) is 0. The quantitative estimate of drug-likeness (QED) is 0.739. The van der Waals surface area contributed by atoms with Crippen LogP contribution in [0.25, 0.3) is 0 Å². The van der Waals surface area contributed by atoms with Crippen LogP contribution in [0, 0.1) is 16.7 Å². The van der Waals surface area contributed by atoms with Crippen molar-refractivity contribution in [2.24, 2.45) is 16.7 Å². The molecule has 0 aromatic rings. The van der Waals surface area contributed by atoms with Crippen LogP contribution in [0.3, 0.4) is 0 Å². The zero-order valence-corrected chi connectivity index (χ0v) is 11.4. The van der Waals surface area contributed by atoms with Crippen molar-refractivity contribution in [1.82, 2.24) is 0 Å². The molecule has 0 aliphatic heterocycles. The summed E-state index contributed by atoms with van der Waals surface area (Å²) in [7, 11) is 0. The molecule has 0 aromatic heterocycles. The van der Waals surface area contributed by atoms with E-state index in [9.17, 15) is 5.11 Å². The molecule has 1 unspecified atom stereocenters. The van der Waals surface area contributed by atoms with Gasteiger partial charge in [-0.05, 0) is 55.8 Å². The summed E-state index contributed by atoms with van der Waals surface area (Å²) in [5.41, 5.74) is 1.47. The summed E-state index contributed by atoms with van der Waals surface area (Å²) in [6.07, 6.45) is 7.68. The molecule has 2 nitrogen and oxygen atoms in total. The van der Waals surface area contributed by atoms with Gasteiger partial charge in [0.2, 0.25) is 0 Å². The van der Waals surface area contributed by atoms with Crippen molar-refractivity contribution in [2.45, 2.75) is 59.0 Å². The largest absolute Gasteiger partial charge is 0.393 e. The van der Waals surface area contributed by atoms with Crippen molar-refractivity contribution < 1.29 is 10.2 Å². The summed E-state index contributed by atoms with van der Waals surface area (Å²) in [4.78, 5) is 0. The molecule has 2 heteroatoms. The molecule has 0 saturated heterocycles. The zero-order chi connectivity index (χ0) is 12.7. The van der Waals surface area contributed by atoms with E-state index in [2.05, 4.69) is 19.9 Å². The lowest BCUT2D eigenvalue weighted by atomic mass is 9.66. The first-order chi connectivity index (χ1) is 7.94. The van der Waals surface area contributed by atoms with Crippen LogP contribution >= 0.6 is 0 Å². The lowest BCUT2D eigenvalue weighted by Crippen LogP contribution is -2.37. The second kappa shape index (κ2) is 4.40. The van der Waals surface area contributed by atoms with Gasteiger partial charge in [0.1, 0.15) is 0 Å². The maximum Gasteiger partial charge on any atom is 0.0639 e. The van der Waals surface area contributed by atoms with Gasteiger partial charge in [-0.3, -0.25) is 0 Å². The third-order valence-electron chi connectivity index (χ3n) is 5.87. The summed E-state index contributed by atoms with van der Waals surface area (Å²) < 4.78 is 0. The predicted molar refractivity (Wildman–Crippen MR) is 69.6 cm³/mol. The van der Waals surface area contributed by atoms with Crippen LogP contribution < -0.4 is 0 Å². The summed E-state index contributed by atoms with van der Waals surface area (Å²) >= 11 is 0. The standard InChI is InChI=1S/C15H26O2/c1-11(10-16)5-4-7-14(2)12-6-8-15(14,3)13(17)9-12/h5,12-13,16-17H,4,6-10H2,1-3H3/b11-5-/t12-,13-,14?,15+/m0/s1. The van der Waals surface area contributed by atoms with Gasteiger partial charge in [0.25, 0.3) is 0 Å². The third kappa shape index (κ3) is 1.86. The highest BCUT2D eigenvalue weighted by molar-refractivity contribution is 5.13. The van der Waals surface area contributed by atoms with Crippen LogP contribution in [0.1, 0.15) is 52.9 Å². The monoisotopic (exact) mass is 238 g/mol. The van der Waals surface area contributed by atoms with Crippen LogP contribution in [0.2, 0.25) is 0 Å². The smallest absolute Gasteiger partial charge is 0.0639 e. The molecule has 2 saturated carbocycles. The van der Waals surface area contributed by atoms with Crippen molar-refractivity contribution in [2.75, 3.05) is 6.61 Å². The van der Waals surface area contributed by atoms with Crippen LogP contribution in [0.15, 0.2) is 11.6 Å². The lowest BCUT2D eigenvalue weighted by Gasteiger charge is -2.40. The van der Waals surface area contributed by atoms with Crippen molar-refractivity contribution in [1.29, 1.82) is 0 Å². The molecule has 2 rings (SSSR count). The highest BCUT2D eigenvalue weighted by Crippen LogP contribution is 2.67. The Hall–Kier alpha value is -0.340. The zero-order valence-electron chi connectivity index (χ0n) is 11.4. The fourth-order valence-corrected chi connectivity index (χ4v) is 4.17. The highest BCUT2D eigenvalue weighted by Gasteiger charge is 2.62. The Morgan fingerprint density at radius 2 is 2.12 bits per heavy atom. The summed E-state index contributed by atoms with van der Waals surface area (Å²) in [5.74, 6) is 0.699. The maximum atomic E-state index is 10.2. The Bertz CT molecular complexity index is 323. The summed E-state index contributed by atoms with van der Waals surface area (Å²) in [5, 5.41) is 19.2. The number of aliphatic hydroxyl groups is 2. The van der Waals surface area contributed by atoms with Crippen LogP contribution in [0.5, 0.6) is 0 Å². The Morgan fingerprint density at radius 1 is 1.41 bits per heavy atom. The van der Waals surface area contributed by atoms with Crippen molar-refractivity contribution in [3.05, 3.63) is 11.6 Å². The van der Waals surface area contributed by atoms with Gasteiger partial charge in [-0.2, -0.15) is 0 Å². The topological polar surface area (TPSA) is 40.5 Å². The molecule has 0 amide bonds. The normalized spacial score (nSPS) is 45.6. The van der Waals surface area contributed by atoms with Crippen LogP contribution in [-0.4, -0.2) is 22.9 Å². The Labute approximate surface area is 105 Å². The SMILES string of the molecule is C/C(=C/CCC1(C)[C@H]2CC[C@]1(C)[C@@H](O)C2)CO. The van der Waals surface area contributed by atoms with Gasteiger partial charge in [0.05, 0.1) is 12.7 Å². The molecule has 0 heterocycles. The van der Waals surface area contributed by atoms with Gasteiger partial charge >= 0.3 is 0 Å². The molecule has 4 atom stereocenters. The number of allylic oxidation sites excluding steroid dienone is 1. The van der Waals surface area contributed by atoms with E-state index in [4.69, 9.17) is 5.11 Å². The number of fused-ring (bicyclic) bond motifs is 2. The second-order valence-corrected chi connectivity index (χ2v) is 6.57. The fourth-order valence-electron chi connectivity index (χ4n) is 4.17. The molecule has 2 bridgehead atoms. The highest BCUT2D eigenvalue weighted by atomic mass is 16.3. The fraction of sp³-hybridized carbons (Fsp3) is 0.867. The van der Waals surface area contributed by atoms with E-state index >= 15 is 0 Å². The first-order valence-corrected chi connectivity index (χ1v) is 6.88. The third-order valence-corrected chi connectivity index (χ3v) is 5.87. The molecular formula is C15H26O2. The minimum Gasteiger partial charge on any atom is -0.393 e. The minimum absolute atomic E-state index is 0.103. The Balaban J connectivity index is 2.05. The minimum atomic E-state index is -0.103. The molecule has 2 fully saturated rings. The molecule has 0 aromatic carbocycles. The number of aliphatic hydroxyl groups excluding tert-OH is 2. The predicted octanol–water partition coefficient (Wildman–Crippen LogP) is 2.89. The van der Waals surface area contributed by atoms with Crippen molar-refractivity contribution in [3.63, 3.8) is 0 Å². The Morgan fingerprint density at radius 3 is 2.59 bits per heavy atom. The van der Waals surface area contributed by atoms with E-state index in [-0.39, 0.29) is 18.1 Å². The van der Waals surface area contributed by atoms with Gasteiger partial charge in [0, 0.05) is 0 Å². The van der Waals surface area contributed by atoms with E-state index in [0.717, 1.165) is 24.8 Å². The molecule has 2 aliphatic rings. The average Bonchev–Trinajstić information content (AvgIpc) is 2.64. The summed E-state index contributed by atoms with van der Waals surface area (Å²) in [6.45, 7) is 6.78. The molecule has 0 radical (unpaired) electrons. The van der Waals surface area contributed by atoms with E-state index < -0.39 is 0 Å². The number of rotatable bonds is 4. The number of hydrogen-bond acceptors (Lipinski definition) is 2. The number of hydrogen-bond donors (Lipinski definition) is 2. The van der Waals surface area contributed by atoms with Gasteiger partial charge in [-0.15, -0.1) is 0 Å². The maximum absolute atomic E-state index is 10.2. The second-order valence-electron chi connectivity index (χ2n) is 6.57. The van der Waals surface area contributed by atoms with Crippen LogP contribution in [-0.2, 0) is 0 Å². The van der Waals surface area contributed by atoms with E-state index in [1.54, 1.807) is 0 Å². The molecule has 2 N–H and O–H groups in total. The van der Waals surface area contributed by atoms with Crippen molar-refractivity contribution in [3.8, 4) is 0 Å². The van der Waals surface area contributed by atoms with E-state index in [1.165, 1.54) is 12.8 Å². The van der Waals surface area contributed by atoms with Crippen molar-refractivity contribution >= 4 is 0 Å². The van der Waals surface area contributed by atoms with Gasteiger partial charge in [0.15, 0.2) is 0 Å². The van der Waals surface area contributed by atoms with E-state index in [1.807, 2.05) is 6.92 Å². The van der Waals surface area contributed by atoms with E-state index in [0.29, 0.717) is 11.3 Å². The molecule has 98 valence electrons. The van der Waals surface area contributed by atoms with Gasteiger partial charge in [-0.25, -0.2) is 0 Å². The molecule has 17 heavy (non-hydrogen) atoms. The molecule has 2 aliphatic carbocycles. The first kappa shape index (κ1) is 13.1. The van der Waals surface area contributed by atoms with Gasteiger partial charge in [-0.1, -0.05) is 25.5 Å². The lowest BCUT2D eigenvalue weighted by molar-refractivity contribution is 0.00199. The molecular weight excluding hydrogens is 212 g/mol. The average molecular weight is 238 g/mol. The van der Waals surface area contributed by atoms with Crippen LogP contribution in [0.4, 0.5) is 0 Å². The van der Waals surface area contributed by atoms with Gasteiger partial charge < -0.3 is 10.2 Å². The molecule has 0 spiro atoms. The first-order valence-electron chi connectivity index (χ1n) is 6.88. The Kier molecular flexibility index (Phi) is 3.39.